The molecule has 0 fully saturated rings. The number of para-hydroxylation sites is 1. The lowest BCUT2D eigenvalue weighted by Crippen LogP contribution is -2.18. The maximum Gasteiger partial charge on any atom is 0.137 e. The SMILES string of the molecule is CC(C)C(O)CCOc1ccccc1Cl. The van der Waals surface area contributed by atoms with Crippen molar-refractivity contribution in [1.29, 1.82) is 0 Å². The summed E-state index contributed by atoms with van der Waals surface area (Å²) in [6.45, 7) is 4.46. The molecule has 0 spiro atoms. The van der Waals surface area contributed by atoms with Crippen LogP contribution < -0.4 is 4.74 Å². The van der Waals surface area contributed by atoms with Crippen LogP contribution in [0.2, 0.25) is 5.02 Å². The van der Waals surface area contributed by atoms with Gasteiger partial charge < -0.3 is 9.84 Å². The first-order valence-corrected chi connectivity index (χ1v) is 5.54. The molecule has 0 saturated carbocycles. The van der Waals surface area contributed by atoms with Crippen molar-refractivity contribution in [2.45, 2.75) is 26.4 Å². The van der Waals surface area contributed by atoms with Gasteiger partial charge in [-0.25, -0.2) is 0 Å². The normalized spacial score (nSPS) is 12.9. The van der Waals surface area contributed by atoms with Gasteiger partial charge in [-0.1, -0.05) is 37.6 Å². The highest BCUT2D eigenvalue weighted by atomic mass is 35.5. The quantitative estimate of drug-likeness (QED) is 0.839. The second-order valence-electron chi connectivity index (χ2n) is 3.88. The molecule has 0 bridgehead atoms. The van der Waals surface area contributed by atoms with E-state index in [0.717, 1.165) is 0 Å². The molecule has 2 nitrogen and oxygen atoms in total. The molecule has 0 saturated heterocycles. The van der Waals surface area contributed by atoms with E-state index in [4.69, 9.17) is 16.3 Å². The third kappa shape index (κ3) is 4.10. The third-order valence-electron chi connectivity index (χ3n) is 2.28. The largest absolute Gasteiger partial charge is 0.492 e. The van der Waals surface area contributed by atoms with Crippen molar-refractivity contribution < 1.29 is 9.84 Å². The zero-order chi connectivity index (χ0) is 11.3. The predicted octanol–water partition coefficient (Wildman–Crippen LogP) is 3.13. The minimum absolute atomic E-state index is 0.264. The van der Waals surface area contributed by atoms with Crippen LogP contribution in [0.5, 0.6) is 5.75 Å². The molecule has 0 aromatic heterocycles. The minimum atomic E-state index is -0.313. The molecule has 1 unspecified atom stereocenters. The van der Waals surface area contributed by atoms with E-state index >= 15 is 0 Å². The third-order valence-corrected chi connectivity index (χ3v) is 2.59. The predicted molar refractivity (Wildman–Crippen MR) is 62.4 cm³/mol. The van der Waals surface area contributed by atoms with Crippen LogP contribution in [0.25, 0.3) is 0 Å². The molecule has 3 heteroatoms. The summed E-state index contributed by atoms with van der Waals surface area (Å²) in [6, 6.07) is 7.35. The van der Waals surface area contributed by atoms with Crippen molar-refractivity contribution in [2.75, 3.05) is 6.61 Å². The van der Waals surface area contributed by atoms with E-state index in [1.807, 2.05) is 32.0 Å². The number of aliphatic hydroxyl groups is 1. The van der Waals surface area contributed by atoms with Gasteiger partial charge in [0, 0.05) is 6.42 Å². The van der Waals surface area contributed by atoms with Crippen LogP contribution >= 0.6 is 11.6 Å². The first-order chi connectivity index (χ1) is 7.11. The number of hydrogen-bond acceptors (Lipinski definition) is 2. The Morgan fingerprint density at radius 1 is 1.33 bits per heavy atom. The molecule has 0 heterocycles. The number of halogens is 1. The summed E-state index contributed by atoms with van der Waals surface area (Å²) in [7, 11) is 0. The topological polar surface area (TPSA) is 29.5 Å². The summed E-state index contributed by atoms with van der Waals surface area (Å²) >= 11 is 5.91. The Kier molecular flexibility index (Phi) is 4.92. The van der Waals surface area contributed by atoms with Crippen LogP contribution in [0.3, 0.4) is 0 Å². The van der Waals surface area contributed by atoms with Gasteiger partial charge >= 0.3 is 0 Å². The van der Waals surface area contributed by atoms with Gasteiger partial charge in [0.25, 0.3) is 0 Å². The van der Waals surface area contributed by atoms with E-state index < -0.39 is 0 Å². The van der Waals surface area contributed by atoms with Crippen LogP contribution in [-0.2, 0) is 0 Å². The molecule has 1 atom stereocenters. The summed E-state index contributed by atoms with van der Waals surface area (Å²) in [4.78, 5) is 0. The Morgan fingerprint density at radius 2 is 2.00 bits per heavy atom. The van der Waals surface area contributed by atoms with Crippen molar-refractivity contribution in [3.8, 4) is 5.75 Å². The number of benzene rings is 1. The lowest BCUT2D eigenvalue weighted by Gasteiger charge is -2.14. The second-order valence-corrected chi connectivity index (χ2v) is 4.29. The molecule has 1 aromatic carbocycles. The van der Waals surface area contributed by atoms with Gasteiger partial charge in [0.1, 0.15) is 5.75 Å². The van der Waals surface area contributed by atoms with Gasteiger partial charge in [0.05, 0.1) is 17.7 Å². The van der Waals surface area contributed by atoms with Crippen molar-refractivity contribution in [3.63, 3.8) is 0 Å². The van der Waals surface area contributed by atoms with Crippen molar-refractivity contribution >= 4 is 11.6 Å². The van der Waals surface area contributed by atoms with E-state index in [0.29, 0.717) is 23.8 Å². The Balaban J connectivity index is 2.35. The number of rotatable bonds is 5. The van der Waals surface area contributed by atoms with Crippen LogP contribution in [0.1, 0.15) is 20.3 Å². The summed E-state index contributed by atoms with van der Waals surface area (Å²) in [5, 5.41) is 10.2. The van der Waals surface area contributed by atoms with Gasteiger partial charge in [0.2, 0.25) is 0 Å². The number of hydrogen-bond donors (Lipinski definition) is 1. The van der Waals surface area contributed by atoms with Gasteiger partial charge in [-0.2, -0.15) is 0 Å². The molecule has 0 aliphatic carbocycles. The molecule has 1 rings (SSSR count). The highest BCUT2D eigenvalue weighted by Crippen LogP contribution is 2.23. The smallest absolute Gasteiger partial charge is 0.137 e. The molecule has 0 aliphatic heterocycles. The molecule has 1 aromatic rings. The van der Waals surface area contributed by atoms with Gasteiger partial charge in [-0.3, -0.25) is 0 Å². The van der Waals surface area contributed by atoms with Crippen LogP contribution in [0.15, 0.2) is 24.3 Å². The summed E-state index contributed by atoms with van der Waals surface area (Å²) in [5.74, 6) is 0.940. The fourth-order valence-electron chi connectivity index (χ4n) is 1.18. The van der Waals surface area contributed by atoms with E-state index in [1.165, 1.54) is 0 Å². The van der Waals surface area contributed by atoms with Gasteiger partial charge in [0.15, 0.2) is 0 Å². The van der Waals surface area contributed by atoms with Crippen molar-refractivity contribution in [3.05, 3.63) is 29.3 Å². The zero-order valence-electron chi connectivity index (χ0n) is 9.11. The number of ether oxygens (including phenoxy) is 1. The second kappa shape index (κ2) is 5.99. The first-order valence-electron chi connectivity index (χ1n) is 5.16. The van der Waals surface area contributed by atoms with E-state index in [9.17, 15) is 5.11 Å². The molecule has 0 radical (unpaired) electrons. The summed E-state index contributed by atoms with van der Waals surface area (Å²) < 4.78 is 5.47. The average molecular weight is 229 g/mol. The Bertz CT molecular complexity index is 299. The zero-order valence-corrected chi connectivity index (χ0v) is 9.87. The number of aliphatic hydroxyl groups excluding tert-OH is 1. The molecule has 84 valence electrons. The highest BCUT2D eigenvalue weighted by molar-refractivity contribution is 6.32. The van der Waals surface area contributed by atoms with E-state index in [2.05, 4.69) is 0 Å². The van der Waals surface area contributed by atoms with E-state index in [-0.39, 0.29) is 12.0 Å². The lowest BCUT2D eigenvalue weighted by molar-refractivity contribution is 0.0976. The van der Waals surface area contributed by atoms with Crippen molar-refractivity contribution in [1.82, 2.24) is 0 Å². The fraction of sp³-hybridized carbons (Fsp3) is 0.500. The fourth-order valence-corrected chi connectivity index (χ4v) is 1.38. The van der Waals surface area contributed by atoms with Crippen LogP contribution in [0, 0.1) is 5.92 Å². The Hall–Kier alpha value is -0.730. The average Bonchev–Trinajstić information content (AvgIpc) is 2.20. The summed E-state index contributed by atoms with van der Waals surface area (Å²) in [6.07, 6.45) is 0.315. The monoisotopic (exact) mass is 228 g/mol. The van der Waals surface area contributed by atoms with E-state index in [1.54, 1.807) is 6.07 Å². The molecule has 15 heavy (non-hydrogen) atoms. The maximum absolute atomic E-state index is 9.56. The highest BCUT2D eigenvalue weighted by Gasteiger charge is 2.09. The molecule has 1 N–H and O–H groups in total. The minimum Gasteiger partial charge on any atom is -0.492 e. The molecule has 0 amide bonds. The first kappa shape index (κ1) is 12.3. The molecule has 0 aliphatic rings. The molecular weight excluding hydrogens is 212 g/mol. The van der Waals surface area contributed by atoms with Gasteiger partial charge in [-0.15, -0.1) is 0 Å². The standard InChI is InChI=1S/C12H17ClO2/c1-9(2)11(14)7-8-15-12-6-4-3-5-10(12)13/h3-6,9,11,14H,7-8H2,1-2H3. The van der Waals surface area contributed by atoms with Crippen LogP contribution in [-0.4, -0.2) is 17.8 Å². The Labute approximate surface area is 95.8 Å². The molecular formula is C12H17ClO2. The maximum atomic E-state index is 9.56. The Morgan fingerprint density at radius 3 is 2.60 bits per heavy atom. The van der Waals surface area contributed by atoms with Crippen molar-refractivity contribution in [2.24, 2.45) is 5.92 Å². The lowest BCUT2D eigenvalue weighted by atomic mass is 10.1. The van der Waals surface area contributed by atoms with Crippen LogP contribution in [0.4, 0.5) is 0 Å². The van der Waals surface area contributed by atoms with Gasteiger partial charge in [-0.05, 0) is 18.1 Å². The summed E-state index contributed by atoms with van der Waals surface area (Å²) in [5.41, 5.74) is 0.